The summed E-state index contributed by atoms with van der Waals surface area (Å²) < 4.78 is 14.3. The summed E-state index contributed by atoms with van der Waals surface area (Å²) in [5.74, 6) is -0.748. The molecule has 0 heterocycles. The zero-order valence-corrected chi connectivity index (χ0v) is 45.2. The van der Waals surface area contributed by atoms with E-state index in [9.17, 15) is 28.8 Å². The Morgan fingerprint density at radius 1 is 0.467 bits per heavy atom. The van der Waals surface area contributed by atoms with Crippen LogP contribution >= 0.6 is 0 Å². The molecule has 14 heteroatoms. The van der Waals surface area contributed by atoms with Crippen molar-refractivity contribution in [3.8, 4) is 0 Å². The molecule has 0 aromatic carbocycles. The molecule has 0 saturated carbocycles. The summed E-state index contributed by atoms with van der Waals surface area (Å²) in [5.41, 5.74) is 4.50. The van der Waals surface area contributed by atoms with E-state index in [1.54, 1.807) is 34.9 Å². The van der Waals surface area contributed by atoms with Gasteiger partial charge in [0.1, 0.15) is 5.78 Å². The highest BCUT2D eigenvalue weighted by atomic mass is 16.5. The summed E-state index contributed by atoms with van der Waals surface area (Å²) in [5, 5.41) is 5.00. The van der Waals surface area contributed by atoms with Crippen LogP contribution in [0.2, 0.25) is 0 Å². The van der Waals surface area contributed by atoms with E-state index in [1.807, 2.05) is 118 Å². The number of carbonyl (C=O) groups is 6. The van der Waals surface area contributed by atoms with E-state index >= 15 is 0 Å². The molecule has 0 saturated heterocycles. The Morgan fingerprint density at radius 3 is 0.967 bits per heavy atom. The van der Waals surface area contributed by atoms with Crippen molar-refractivity contribution in [1.82, 2.24) is 10.6 Å². The van der Waals surface area contributed by atoms with E-state index in [0.29, 0.717) is 71.2 Å². The van der Waals surface area contributed by atoms with Gasteiger partial charge >= 0.3 is 17.9 Å². The summed E-state index contributed by atoms with van der Waals surface area (Å²) in [6, 6.07) is 0. The van der Waals surface area contributed by atoms with Crippen molar-refractivity contribution in [2.75, 3.05) is 41.0 Å². The van der Waals surface area contributed by atoms with Gasteiger partial charge in [0.15, 0.2) is 0 Å². The van der Waals surface area contributed by atoms with Gasteiger partial charge in [0, 0.05) is 63.0 Å². The smallest absolute Gasteiger partial charge is 0.308 e. The SMILES string of the molecule is CC.CC.CC.CC.CC.CC.CC.CC.CCC.CCOC(=O)C(CC)CCC(=O)NC.CCOC(=O)CCCC(=O)NC.CCOC(=O)CCCC(C)=O.CN.[B].[B]. The van der Waals surface area contributed by atoms with Gasteiger partial charge in [-0.2, -0.15) is 0 Å². The lowest BCUT2D eigenvalue weighted by molar-refractivity contribution is -0.148. The third-order valence-corrected chi connectivity index (χ3v) is 4.70. The number of nitrogens with one attached hydrogen (secondary N) is 2. The molecule has 6 radical (unpaired) electrons. The molecule has 0 aliphatic heterocycles. The number of ether oxygens (including phenoxy) is 3. The number of ketones is 1. The Morgan fingerprint density at radius 2 is 0.733 bits per heavy atom. The largest absolute Gasteiger partial charge is 0.466 e. The van der Waals surface area contributed by atoms with E-state index in [-0.39, 0.29) is 58.2 Å². The Labute approximate surface area is 381 Å². The van der Waals surface area contributed by atoms with E-state index < -0.39 is 0 Å². The number of amides is 2. The molecule has 368 valence electrons. The Hall–Kier alpha value is -2.89. The molecule has 0 fully saturated rings. The molecule has 1 unspecified atom stereocenters. The third-order valence-electron chi connectivity index (χ3n) is 4.70. The molecular formula is C46H109B2N3O9. The van der Waals surface area contributed by atoms with Gasteiger partial charge in [-0.25, -0.2) is 0 Å². The molecule has 1 atom stereocenters. The topological polar surface area (TPSA) is 180 Å². The second-order valence-electron chi connectivity index (χ2n) is 8.47. The zero-order chi connectivity index (χ0) is 49.8. The molecule has 0 aromatic rings. The Bertz CT molecular complexity index is 706. The first-order valence-corrected chi connectivity index (χ1v) is 22.9. The van der Waals surface area contributed by atoms with Crippen LogP contribution in [0.1, 0.15) is 223 Å². The van der Waals surface area contributed by atoms with Crippen LogP contribution in [0, 0.1) is 5.92 Å². The van der Waals surface area contributed by atoms with Gasteiger partial charge in [0.25, 0.3) is 0 Å². The first-order chi connectivity index (χ1) is 27.9. The third kappa shape index (κ3) is 147. The van der Waals surface area contributed by atoms with Crippen LogP contribution in [-0.2, 0) is 43.0 Å². The Balaban J connectivity index is -0.0000000314. The molecule has 0 aliphatic carbocycles. The molecule has 2 amide bonds. The molecule has 4 N–H and O–H groups in total. The normalized spacial score (nSPS) is 7.52. The lowest BCUT2D eigenvalue weighted by atomic mass is 10.0. The van der Waals surface area contributed by atoms with Crippen molar-refractivity contribution in [3.63, 3.8) is 0 Å². The average molecular weight is 870 g/mol. The quantitative estimate of drug-likeness (QED) is 0.0767. The molecule has 0 bridgehead atoms. The maximum absolute atomic E-state index is 11.3. The first-order valence-electron chi connectivity index (χ1n) is 22.9. The number of hydrogen-bond donors (Lipinski definition) is 3. The minimum Gasteiger partial charge on any atom is -0.466 e. The van der Waals surface area contributed by atoms with Gasteiger partial charge in [-0.05, 0) is 60.4 Å². The molecule has 60 heavy (non-hydrogen) atoms. The number of Topliss-reactive ketones (excluding diaryl/α,β-unsaturated/α-hetero) is 1. The van der Waals surface area contributed by atoms with Crippen molar-refractivity contribution >= 4 is 52.3 Å². The monoisotopic (exact) mass is 870 g/mol. The average Bonchev–Trinajstić information content (AvgIpc) is 3.28. The van der Waals surface area contributed by atoms with Crippen LogP contribution in [0.15, 0.2) is 0 Å². The predicted octanol–water partition coefficient (Wildman–Crippen LogP) is 11.3. The van der Waals surface area contributed by atoms with Crippen LogP contribution in [0.3, 0.4) is 0 Å². The van der Waals surface area contributed by atoms with E-state index in [0.717, 1.165) is 6.42 Å². The number of carbonyl (C=O) groups excluding carboxylic acids is 6. The van der Waals surface area contributed by atoms with Crippen molar-refractivity contribution in [2.24, 2.45) is 11.7 Å². The molecule has 0 spiro atoms. The van der Waals surface area contributed by atoms with Crippen LogP contribution in [0.25, 0.3) is 0 Å². The van der Waals surface area contributed by atoms with Gasteiger partial charge < -0.3 is 35.4 Å². The lowest BCUT2D eigenvalue weighted by Gasteiger charge is -2.12. The number of nitrogens with two attached hydrogens (primary N) is 1. The van der Waals surface area contributed by atoms with Crippen LogP contribution in [-0.4, -0.2) is 93.3 Å². The summed E-state index contributed by atoms with van der Waals surface area (Å²) in [7, 11) is 4.67. The second-order valence-corrected chi connectivity index (χ2v) is 8.47. The van der Waals surface area contributed by atoms with Gasteiger partial charge in [-0.15, -0.1) is 0 Å². The summed E-state index contributed by atoms with van der Waals surface area (Å²) in [6.07, 6.45) is 5.61. The minimum absolute atomic E-state index is 0. The molecular weight excluding hydrogens is 760 g/mol. The Kier molecular flexibility index (Phi) is 221. The van der Waals surface area contributed by atoms with Crippen LogP contribution in [0.4, 0.5) is 0 Å². The highest BCUT2D eigenvalue weighted by Gasteiger charge is 2.18. The first kappa shape index (κ1) is 101. The summed E-state index contributed by atoms with van der Waals surface area (Å²) >= 11 is 0. The van der Waals surface area contributed by atoms with Crippen LogP contribution in [0.5, 0.6) is 0 Å². The number of rotatable bonds is 16. The standard InChI is InChI=1S/C10H19NO3.C8H15NO3.C8H14O3.C3H8.8C2H6.CH5N.2B/c1-4-8(10(13)14-5-2)6-7-9(12)11-3;1-3-12-8(11)6-4-5-7(10)9-2;1-3-11-8(10)6-4-5-7(2)9;1-3-2;9*1-2;;/h8H,4-7H2,1-3H3,(H,11,12);3-6H2,1-2H3,(H,9,10);3-6H2,1-2H3;3H2,1-2H3;8*1-2H3;2H2,1H3;;. The molecule has 0 aromatic heterocycles. The van der Waals surface area contributed by atoms with Crippen LogP contribution < -0.4 is 16.4 Å². The fraction of sp³-hybridized carbons (Fsp3) is 0.870. The highest BCUT2D eigenvalue weighted by Crippen LogP contribution is 2.12. The minimum atomic E-state index is -0.235. The zero-order valence-electron chi connectivity index (χ0n) is 45.2. The van der Waals surface area contributed by atoms with E-state index in [1.165, 1.54) is 20.4 Å². The maximum atomic E-state index is 11.3. The summed E-state index contributed by atoms with van der Waals surface area (Å²) in [4.78, 5) is 64.8. The van der Waals surface area contributed by atoms with Gasteiger partial charge in [-0.3, -0.25) is 24.0 Å². The van der Waals surface area contributed by atoms with Crippen molar-refractivity contribution in [2.45, 2.75) is 223 Å². The maximum Gasteiger partial charge on any atom is 0.308 e. The van der Waals surface area contributed by atoms with Crippen molar-refractivity contribution in [1.29, 1.82) is 0 Å². The van der Waals surface area contributed by atoms with E-state index in [2.05, 4.69) is 39.7 Å². The second kappa shape index (κ2) is 131. The number of hydrogen-bond acceptors (Lipinski definition) is 10. The fourth-order valence-corrected chi connectivity index (χ4v) is 2.65. The molecule has 0 aliphatic rings. The van der Waals surface area contributed by atoms with Gasteiger partial charge in [-0.1, -0.05) is 138 Å². The molecule has 12 nitrogen and oxygen atoms in total. The van der Waals surface area contributed by atoms with Crippen molar-refractivity contribution in [3.05, 3.63) is 0 Å². The molecule has 0 rings (SSSR count). The van der Waals surface area contributed by atoms with E-state index in [4.69, 9.17) is 4.74 Å². The lowest BCUT2D eigenvalue weighted by Crippen LogP contribution is -2.22. The van der Waals surface area contributed by atoms with Gasteiger partial charge in [0.2, 0.25) is 11.8 Å². The summed E-state index contributed by atoms with van der Waals surface area (Å²) in [6.45, 7) is 46.2. The van der Waals surface area contributed by atoms with Gasteiger partial charge in [0.05, 0.1) is 25.7 Å². The number of esters is 3. The highest BCUT2D eigenvalue weighted by molar-refractivity contribution is 5.78. The predicted molar refractivity (Wildman–Crippen MR) is 268 cm³/mol. The van der Waals surface area contributed by atoms with Crippen molar-refractivity contribution < 1.29 is 43.0 Å². The fourth-order valence-electron chi connectivity index (χ4n) is 2.65.